The number of anilines is 1. The summed E-state index contributed by atoms with van der Waals surface area (Å²) < 4.78 is 7.25. The summed E-state index contributed by atoms with van der Waals surface area (Å²) in [6, 6.07) is 9.76. The number of carbonyl (C=O) groups is 1. The number of ether oxygens (including phenoxy) is 1. The van der Waals surface area contributed by atoms with Crippen LogP contribution in [0, 0.1) is 0 Å². The second-order valence-corrected chi connectivity index (χ2v) is 5.86. The number of amides is 1. The molecule has 1 saturated heterocycles. The molecule has 0 spiro atoms. The molecule has 1 fully saturated rings. The minimum atomic E-state index is -0.311. The maximum Gasteiger partial charge on any atom is 0.277 e. The number of para-hydroxylation sites is 1. The Hall–Kier alpha value is -3.00. The lowest BCUT2D eigenvalue weighted by Gasteiger charge is -2.22. The molecule has 1 aromatic carbocycles. The molecule has 0 saturated carbocycles. The van der Waals surface area contributed by atoms with Gasteiger partial charge in [0.1, 0.15) is 0 Å². The first-order valence-electron chi connectivity index (χ1n) is 8.20. The van der Waals surface area contributed by atoms with Gasteiger partial charge in [0, 0.05) is 19.4 Å². The van der Waals surface area contributed by atoms with Crippen LogP contribution in [0.4, 0.5) is 5.69 Å². The number of hydrogen-bond donors (Lipinski definition) is 1. The first kappa shape index (κ1) is 15.5. The van der Waals surface area contributed by atoms with Gasteiger partial charge in [-0.15, -0.1) is 5.10 Å². The molecule has 128 valence electrons. The largest absolute Gasteiger partial charge is 0.381 e. The van der Waals surface area contributed by atoms with Crippen LogP contribution >= 0.6 is 0 Å². The van der Waals surface area contributed by atoms with Crippen molar-refractivity contribution >= 4 is 11.6 Å². The van der Waals surface area contributed by atoms with Crippen LogP contribution < -0.4 is 5.32 Å². The van der Waals surface area contributed by atoms with Crippen LogP contribution in [0.5, 0.6) is 0 Å². The van der Waals surface area contributed by atoms with Crippen molar-refractivity contribution < 1.29 is 9.53 Å². The standard InChI is InChI=1S/C17H18N6O2/c24-17(16-11-19-23(21-16)15-4-2-1-3-5-15)20-13-10-18-22(12-13)14-6-8-25-9-7-14/h1-5,10-12,14H,6-9H2,(H,20,24). The van der Waals surface area contributed by atoms with Crippen LogP contribution in [0.15, 0.2) is 48.9 Å². The van der Waals surface area contributed by atoms with Crippen LogP contribution in [0.3, 0.4) is 0 Å². The summed E-state index contributed by atoms with van der Waals surface area (Å²) in [6.45, 7) is 1.49. The van der Waals surface area contributed by atoms with Gasteiger partial charge in [-0.05, 0) is 25.0 Å². The van der Waals surface area contributed by atoms with Crippen LogP contribution in [0.25, 0.3) is 5.69 Å². The summed E-state index contributed by atoms with van der Waals surface area (Å²) in [5.41, 5.74) is 1.70. The van der Waals surface area contributed by atoms with E-state index in [2.05, 4.69) is 20.6 Å². The quantitative estimate of drug-likeness (QED) is 0.787. The Morgan fingerprint density at radius 1 is 1.12 bits per heavy atom. The van der Waals surface area contributed by atoms with Crippen LogP contribution in [0.2, 0.25) is 0 Å². The molecule has 3 heterocycles. The molecule has 0 bridgehead atoms. The number of benzene rings is 1. The van der Waals surface area contributed by atoms with Crippen molar-refractivity contribution in [3.05, 3.63) is 54.6 Å². The van der Waals surface area contributed by atoms with E-state index in [1.165, 1.54) is 11.0 Å². The topological polar surface area (TPSA) is 86.9 Å². The summed E-state index contributed by atoms with van der Waals surface area (Å²) >= 11 is 0. The minimum absolute atomic E-state index is 0.252. The summed E-state index contributed by atoms with van der Waals surface area (Å²) in [5.74, 6) is -0.311. The molecule has 0 aliphatic carbocycles. The van der Waals surface area contributed by atoms with E-state index >= 15 is 0 Å². The van der Waals surface area contributed by atoms with Gasteiger partial charge in [0.2, 0.25) is 0 Å². The van der Waals surface area contributed by atoms with Gasteiger partial charge in [0.15, 0.2) is 5.69 Å². The fraction of sp³-hybridized carbons (Fsp3) is 0.294. The zero-order valence-corrected chi connectivity index (χ0v) is 13.6. The van der Waals surface area contributed by atoms with Crippen molar-refractivity contribution in [2.45, 2.75) is 18.9 Å². The van der Waals surface area contributed by atoms with E-state index in [1.54, 1.807) is 6.20 Å². The third kappa shape index (κ3) is 3.43. The van der Waals surface area contributed by atoms with Crippen LogP contribution in [-0.4, -0.2) is 43.9 Å². The van der Waals surface area contributed by atoms with Gasteiger partial charge in [0.05, 0.1) is 29.8 Å². The van der Waals surface area contributed by atoms with Gasteiger partial charge in [-0.25, -0.2) is 0 Å². The highest BCUT2D eigenvalue weighted by atomic mass is 16.5. The smallest absolute Gasteiger partial charge is 0.277 e. The Morgan fingerprint density at radius 2 is 1.92 bits per heavy atom. The van der Waals surface area contributed by atoms with Crippen molar-refractivity contribution in [3.8, 4) is 5.69 Å². The molecule has 1 aliphatic heterocycles. The van der Waals surface area contributed by atoms with Gasteiger partial charge < -0.3 is 10.1 Å². The highest BCUT2D eigenvalue weighted by molar-refractivity contribution is 6.02. The van der Waals surface area contributed by atoms with Gasteiger partial charge in [-0.1, -0.05) is 18.2 Å². The SMILES string of the molecule is O=C(Nc1cnn(C2CCOCC2)c1)c1cnn(-c2ccccc2)n1. The third-order valence-corrected chi connectivity index (χ3v) is 4.14. The van der Waals surface area contributed by atoms with Gasteiger partial charge >= 0.3 is 0 Å². The average molecular weight is 338 g/mol. The third-order valence-electron chi connectivity index (χ3n) is 4.14. The molecular formula is C17H18N6O2. The molecule has 1 amide bonds. The number of nitrogens with zero attached hydrogens (tertiary/aromatic N) is 5. The van der Waals surface area contributed by atoms with E-state index in [-0.39, 0.29) is 11.6 Å². The molecule has 0 unspecified atom stereocenters. The Balaban J connectivity index is 1.44. The van der Waals surface area contributed by atoms with Crippen molar-refractivity contribution in [3.63, 3.8) is 0 Å². The predicted molar refractivity (Wildman–Crippen MR) is 90.6 cm³/mol. The number of nitrogens with one attached hydrogen (secondary N) is 1. The van der Waals surface area contributed by atoms with E-state index in [9.17, 15) is 4.79 Å². The molecule has 0 radical (unpaired) electrons. The second-order valence-electron chi connectivity index (χ2n) is 5.86. The fourth-order valence-corrected chi connectivity index (χ4v) is 2.80. The number of hydrogen-bond acceptors (Lipinski definition) is 5. The highest BCUT2D eigenvalue weighted by Gasteiger charge is 2.18. The Labute approximate surface area is 144 Å². The van der Waals surface area contributed by atoms with Crippen molar-refractivity contribution in [1.82, 2.24) is 24.8 Å². The van der Waals surface area contributed by atoms with Crippen LogP contribution in [0.1, 0.15) is 29.4 Å². The maximum atomic E-state index is 12.4. The van der Waals surface area contributed by atoms with E-state index in [4.69, 9.17) is 4.74 Å². The molecule has 3 aromatic rings. The summed E-state index contributed by atoms with van der Waals surface area (Å²) in [5, 5.41) is 15.5. The Morgan fingerprint density at radius 3 is 2.72 bits per heavy atom. The molecule has 8 nitrogen and oxygen atoms in total. The van der Waals surface area contributed by atoms with E-state index < -0.39 is 0 Å². The lowest BCUT2D eigenvalue weighted by atomic mass is 10.1. The van der Waals surface area contributed by atoms with Gasteiger partial charge in [-0.2, -0.15) is 15.0 Å². The van der Waals surface area contributed by atoms with Crippen molar-refractivity contribution in [1.29, 1.82) is 0 Å². The summed E-state index contributed by atoms with van der Waals surface area (Å²) in [4.78, 5) is 13.8. The van der Waals surface area contributed by atoms with E-state index in [0.717, 1.165) is 31.7 Å². The van der Waals surface area contributed by atoms with Gasteiger partial charge in [0.25, 0.3) is 5.91 Å². The maximum absolute atomic E-state index is 12.4. The molecule has 1 N–H and O–H groups in total. The van der Waals surface area contributed by atoms with E-state index in [0.29, 0.717) is 11.7 Å². The highest BCUT2D eigenvalue weighted by Crippen LogP contribution is 2.21. The fourth-order valence-electron chi connectivity index (χ4n) is 2.80. The second kappa shape index (κ2) is 6.86. The van der Waals surface area contributed by atoms with Crippen molar-refractivity contribution in [2.24, 2.45) is 0 Å². The zero-order chi connectivity index (χ0) is 17.1. The summed E-state index contributed by atoms with van der Waals surface area (Å²) in [6.07, 6.45) is 6.80. The molecule has 0 atom stereocenters. The molecular weight excluding hydrogens is 320 g/mol. The predicted octanol–water partition coefficient (Wildman–Crippen LogP) is 2.07. The van der Waals surface area contributed by atoms with E-state index in [1.807, 2.05) is 41.2 Å². The monoisotopic (exact) mass is 338 g/mol. The molecule has 1 aliphatic rings. The summed E-state index contributed by atoms with van der Waals surface area (Å²) in [7, 11) is 0. The lowest BCUT2D eigenvalue weighted by molar-refractivity contribution is 0.0662. The first-order valence-corrected chi connectivity index (χ1v) is 8.20. The first-order chi connectivity index (χ1) is 12.3. The number of rotatable bonds is 4. The molecule has 2 aromatic heterocycles. The number of carbonyl (C=O) groups excluding carboxylic acids is 1. The lowest BCUT2D eigenvalue weighted by Crippen LogP contribution is -2.19. The number of aromatic nitrogens is 5. The molecule has 4 rings (SSSR count). The van der Waals surface area contributed by atoms with Crippen LogP contribution in [-0.2, 0) is 4.74 Å². The molecule has 25 heavy (non-hydrogen) atoms. The molecule has 8 heteroatoms. The zero-order valence-electron chi connectivity index (χ0n) is 13.6. The minimum Gasteiger partial charge on any atom is -0.381 e. The van der Waals surface area contributed by atoms with Crippen molar-refractivity contribution in [2.75, 3.05) is 18.5 Å². The van der Waals surface area contributed by atoms with Gasteiger partial charge in [-0.3, -0.25) is 9.48 Å². The average Bonchev–Trinajstić information content (AvgIpc) is 3.33. The normalized spacial score (nSPS) is 15.2. The Kier molecular flexibility index (Phi) is 4.26. The Bertz CT molecular complexity index is 851.